The van der Waals surface area contributed by atoms with Crippen molar-refractivity contribution < 1.29 is 23.5 Å². The zero-order valence-corrected chi connectivity index (χ0v) is 21.6. The molecule has 1 aliphatic heterocycles. The van der Waals surface area contributed by atoms with Crippen LogP contribution in [0, 0.1) is 12.7 Å². The quantitative estimate of drug-likeness (QED) is 0.277. The van der Waals surface area contributed by atoms with Gasteiger partial charge in [-0.1, -0.05) is 42.0 Å². The summed E-state index contributed by atoms with van der Waals surface area (Å²) in [6.07, 6.45) is 1.68. The van der Waals surface area contributed by atoms with Crippen molar-refractivity contribution in [2.75, 3.05) is 6.61 Å². The monoisotopic (exact) mass is 555 g/mol. The summed E-state index contributed by atoms with van der Waals surface area (Å²) in [6.45, 7) is 4.71. The average molecular weight is 556 g/mol. The molecule has 2 amide bonds. The lowest BCUT2D eigenvalue weighted by molar-refractivity contribution is -0.123. The van der Waals surface area contributed by atoms with Crippen molar-refractivity contribution in [3.63, 3.8) is 0 Å². The van der Waals surface area contributed by atoms with Gasteiger partial charge in [-0.25, -0.2) is 4.39 Å². The number of carbonyl (C=O) groups is 2. The van der Waals surface area contributed by atoms with Crippen LogP contribution in [0.4, 0.5) is 9.18 Å². The van der Waals surface area contributed by atoms with Crippen LogP contribution in [0.3, 0.4) is 0 Å². The number of nitrogens with zero attached hydrogens (tertiary/aromatic N) is 1. The fourth-order valence-electron chi connectivity index (χ4n) is 3.59. The first-order chi connectivity index (χ1) is 16.8. The highest BCUT2D eigenvalue weighted by molar-refractivity contribution is 9.10. The van der Waals surface area contributed by atoms with Crippen LogP contribution in [0.1, 0.15) is 29.2 Å². The van der Waals surface area contributed by atoms with Crippen molar-refractivity contribution in [1.82, 2.24) is 4.90 Å². The topological polar surface area (TPSA) is 55.8 Å². The number of imide groups is 1. The van der Waals surface area contributed by atoms with Crippen LogP contribution in [0.25, 0.3) is 6.08 Å². The maximum absolute atomic E-state index is 13.2. The lowest BCUT2D eigenvalue weighted by Gasteiger charge is -2.15. The molecule has 0 unspecified atom stereocenters. The highest BCUT2D eigenvalue weighted by Gasteiger charge is 2.35. The highest BCUT2D eigenvalue weighted by atomic mass is 79.9. The van der Waals surface area contributed by atoms with Gasteiger partial charge < -0.3 is 9.47 Å². The molecule has 180 valence electrons. The van der Waals surface area contributed by atoms with Gasteiger partial charge in [-0.2, -0.15) is 0 Å². The predicted octanol–water partition coefficient (Wildman–Crippen LogP) is 7.11. The molecule has 0 aliphatic carbocycles. The molecule has 5 nitrogen and oxygen atoms in total. The van der Waals surface area contributed by atoms with Gasteiger partial charge in [0.05, 0.1) is 22.5 Å². The van der Waals surface area contributed by atoms with Crippen LogP contribution in [0.15, 0.2) is 70.0 Å². The van der Waals surface area contributed by atoms with Crippen LogP contribution >= 0.6 is 27.7 Å². The number of amides is 2. The van der Waals surface area contributed by atoms with Crippen LogP contribution < -0.4 is 9.47 Å². The van der Waals surface area contributed by atoms with E-state index >= 15 is 0 Å². The first-order valence-corrected chi connectivity index (χ1v) is 12.6. The molecule has 3 aromatic carbocycles. The lowest BCUT2D eigenvalue weighted by Crippen LogP contribution is -2.27. The van der Waals surface area contributed by atoms with Gasteiger partial charge in [0.1, 0.15) is 12.4 Å². The number of benzene rings is 3. The Bertz CT molecular complexity index is 1290. The summed E-state index contributed by atoms with van der Waals surface area (Å²) in [5, 5.41) is -0.300. The van der Waals surface area contributed by atoms with Crippen LogP contribution in [0.5, 0.6) is 11.5 Å². The molecule has 0 atom stereocenters. The number of carbonyl (C=O) groups excluding carboxylic acids is 2. The first-order valence-electron chi connectivity index (χ1n) is 11.0. The van der Waals surface area contributed by atoms with E-state index in [0.29, 0.717) is 33.0 Å². The highest BCUT2D eigenvalue weighted by Crippen LogP contribution is 2.40. The van der Waals surface area contributed by atoms with Gasteiger partial charge in [0.25, 0.3) is 11.1 Å². The molecule has 1 fully saturated rings. The second kappa shape index (κ2) is 11.1. The van der Waals surface area contributed by atoms with Crippen molar-refractivity contribution in [2.24, 2.45) is 0 Å². The maximum atomic E-state index is 13.2. The van der Waals surface area contributed by atoms with Crippen molar-refractivity contribution >= 4 is 44.9 Å². The predicted molar refractivity (Wildman–Crippen MR) is 139 cm³/mol. The molecule has 0 radical (unpaired) electrons. The zero-order valence-electron chi connectivity index (χ0n) is 19.2. The Morgan fingerprint density at radius 3 is 2.51 bits per heavy atom. The van der Waals surface area contributed by atoms with E-state index in [4.69, 9.17) is 9.47 Å². The summed E-state index contributed by atoms with van der Waals surface area (Å²) >= 11 is 4.45. The lowest BCUT2D eigenvalue weighted by atomic mass is 10.1. The molecule has 0 N–H and O–H groups in total. The molecular weight excluding hydrogens is 533 g/mol. The van der Waals surface area contributed by atoms with Crippen LogP contribution in [-0.4, -0.2) is 22.7 Å². The Balaban J connectivity index is 1.55. The van der Waals surface area contributed by atoms with Gasteiger partial charge in [0, 0.05) is 0 Å². The second-order valence-corrected chi connectivity index (χ2v) is 9.78. The number of aryl methyl sites for hydroxylation is 1. The molecule has 1 aliphatic rings. The van der Waals surface area contributed by atoms with Gasteiger partial charge in [-0.3, -0.25) is 14.5 Å². The molecule has 0 aromatic heterocycles. The SMILES string of the molecule is CCOc1cc(/C=C2\SC(=O)N(Cc3cccc(C)c3)C2=O)cc(Br)c1OCc1ccc(F)cc1. The molecule has 4 rings (SSSR count). The van der Waals surface area contributed by atoms with E-state index in [2.05, 4.69) is 15.9 Å². The first kappa shape index (κ1) is 25.0. The molecule has 8 heteroatoms. The summed E-state index contributed by atoms with van der Waals surface area (Å²) in [6, 6.07) is 17.4. The Morgan fingerprint density at radius 1 is 1.03 bits per heavy atom. The molecule has 3 aromatic rings. The summed E-state index contributed by atoms with van der Waals surface area (Å²) in [5.74, 6) is 0.361. The minimum atomic E-state index is -0.327. The number of halogens is 2. The summed E-state index contributed by atoms with van der Waals surface area (Å²) in [4.78, 5) is 27.1. The number of hydrogen-bond donors (Lipinski definition) is 0. The van der Waals surface area contributed by atoms with E-state index in [1.165, 1.54) is 17.0 Å². The van der Waals surface area contributed by atoms with Crippen LogP contribution in [-0.2, 0) is 17.9 Å². The van der Waals surface area contributed by atoms with E-state index in [-0.39, 0.29) is 30.1 Å². The smallest absolute Gasteiger partial charge is 0.293 e. The Hall–Kier alpha value is -3.10. The molecule has 0 bridgehead atoms. The normalized spacial score (nSPS) is 14.6. The number of hydrogen-bond acceptors (Lipinski definition) is 5. The third-order valence-corrected chi connectivity index (χ3v) is 6.72. The minimum Gasteiger partial charge on any atom is -0.490 e. The summed E-state index contributed by atoms with van der Waals surface area (Å²) in [7, 11) is 0. The van der Waals surface area contributed by atoms with Crippen LogP contribution in [0.2, 0.25) is 0 Å². The molecule has 1 heterocycles. The zero-order chi connectivity index (χ0) is 24.9. The fraction of sp³-hybridized carbons (Fsp3) is 0.185. The van der Waals surface area contributed by atoms with Crippen molar-refractivity contribution in [3.8, 4) is 11.5 Å². The standard InChI is InChI=1S/C27H23BrFNO4S/c1-3-33-23-13-20(12-22(28)25(23)34-16-18-7-9-21(29)10-8-18)14-24-26(31)30(27(32)35-24)15-19-6-4-5-17(2)11-19/h4-14H,3,15-16H2,1-2H3/b24-14-. The van der Waals surface area contributed by atoms with Gasteiger partial charge in [-0.15, -0.1) is 0 Å². The van der Waals surface area contributed by atoms with Gasteiger partial charge in [0.15, 0.2) is 11.5 Å². The summed E-state index contributed by atoms with van der Waals surface area (Å²) < 4.78 is 25.5. The van der Waals surface area contributed by atoms with Crippen molar-refractivity contribution in [2.45, 2.75) is 27.0 Å². The van der Waals surface area contributed by atoms with E-state index in [1.807, 2.05) is 38.1 Å². The Morgan fingerprint density at radius 2 is 1.80 bits per heavy atom. The van der Waals surface area contributed by atoms with Gasteiger partial charge >= 0.3 is 0 Å². The van der Waals surface area contributed by atoms with Crippen molar-refractivity contribution in [3.05, 3.63) is 98.1 Å². The van der Waals surface area contributed by atoms with E-state index < -0.39 is 0 Å². The maximum Gasteiger partial charge on any atom is 0.293 e. The van der Waals surface area contributed by atoms with Crippen molar-refractivity contribution in [1.29, 1.82) is 0 Å². The van der Waals surface area contributed by atoms with E-state index in [0.717, 1.165) is 28.5 Å². The third kappa shape index (κ3) is 6.13. The number of rotatable bonds is 8. The fourth-order valence-corrected chi connectivity index (χ4v) is 5.00. The Labute approximate surface area is 216 Å². The average Bonchev–Trinajstić information content (AvgIpc) is 3.07. The Kier molecular flexibility index (Phi) is 7.93. The van der Waals surface area contributed by atoms with Gasteiger partial charge in [-0.05, 0) is 88.6 Å². The second-order valence-electron chi connectivity index (χ2n) is 7.94. The third-order valence-electron chi connectivity index (χ3n) is 5.22. The van der Waals surface area contributed by atoms with Gasteiger partial charge in [0.2, 0.25) is 0 Å². The number of ether oxygens (including phenoxy) is 2. The molecule has 35 heavy (non-hydrogen) atoms. The molecule has 0 spiro atoms. The molecular formula is C27H23BrFNO4S. The molecule has 1 saturated heterocycles. The minimum absolute atomic E-state index is 0.230. The largest absolute Gasteiger partial charge is 0.490 e. The van der Waals surface area contributed by atoms with E-state index in [1.54, 1.807) is 30.3 Å². The summed E-state index contributed by atoms with van der Waals surface area (Å²) in [5.41, 5.74) is 3.47. The molecule has 0 saturated carbocycles. The van der Waals surface area contributed by atoms with E-state index in [9.17, 15) is 14.0 Å². The number of thioether (sulfide) groups is 1.